The summed E-state index contributed by atoms with van der Waals surface area (Å²) in [5.74, 6) is 1.15. The third kappa shape index (κ3) is 4.05. The number of nitrogens with one attached hydrogen (secondary N) is 1. The molecule has 0 aromatic heterocycles. The number of hydrogen-bond acceptors (Lipinski definition) is 1. The second-order valence-corrected chi connectivity index (χ2v) is 6.63. The second-order valence-electron chi connectivity index (χ2n) is 6.63. The Morgan fingerprint density at radius 3 is 2.15 bits per heavy atom. The Balaban J connectivity index is 2.03. The maximum absolute atomic E-state index is 13.1. The minimum absolute atomic E-state index is 0.156. The van der Waals surface area contributed by atoms with E-state index in [0.29, 0.717) is 18.0 Å². The lowest BCUT2D eigenvalue weighted by Crippen LogP contribution is -2.39. The zero-order chi connectivity index (χ0) is 14.5. The van der Waals surface area contributed by atoms with Gasteiger partial charge in [0.2, 0.25) is 0 Å². The van der Waals surface area contributed by atoms with Crippen molar-refractivity contribution in [3.8, 4) is 0 Å². The maximum Gasteiger partial charge on any atom is 0.123 e. The first-order chi connectivity index (χ1) is 9.58. The van der Waals surface area contributed by atoms with E-state index in [4.69, 9.17) is 0 Å². The molecule has 0 heterocycles. The lowest BCUT2D eigenvalue weighted by atomic mass is 9.83. The highest BCUT2D eigenvalue weighted by Crippen LogP contribution is 2.29. The van der Waals surface area contributed by atoms with Crippen molar-refractivity contribution in [2.45, 2.75) is 65.0 Å². The number of benzene rings is 1. The van der Waals surface area contributed by atoms with E-state index in [1.807, 2.05) is 12.1 Å². The predicted molar refractivity (Wildman–Crippen MR) is 83.2 cm³/mol. The van der Waals surface area contributed by atoms with Gasteiger partial charge < -0.3 is 5.32 Å². The molecule has 0 spiro atoms. The molecule has 0 amide bonds. The van der Waals surface area contributed by atoms with Crippen molar-refractivity contribution in [2.24, 2.45) is 11.8 Å². The highest BCUT2D eigenvalue weighted by molar-refractivity contribution is 5.20. The molecule has 1 aliphatic carbocycles. The van der Waals surface area contributed by atoms with Crippen LogP contribution in [0.5, 0.6) is 0 Å². The van der Waals surface area contributed by atoms with Crippen molar-refractivity contribution in [2.75, 3.05) is 0 Å². The molecular weight excluding hydrogens is 249 g/mol. The van der Waals surface area contributed by atoms with Crippen molar-refractivity contribution in [1.82, 2.24) is 5.32 Å². The Bertz CT molecular complexity index is 392. The Morgan fingerprint density at radius 2 is 1.60 bits per heavy atom. The smallest absolute Gasteiger partial charge is 0.123 e. The molecule has 2 heteroatoms. The van der Waals surface area contributed by atoms with E-state index in [0.717, 1.165) is 5.92 Å². The summed E-state index contributed by atoms with van der Waals surface area (Å²) in [6, 6.07) is 7.82. The number of hydrogen-bond donors (Lipinski definition) is 1. The largest absolute Gasteiger partial charge is 0.307 e. The molecule has 2 rings (SSSR count). The molecule has 1 nitrogen and oxygen atoms in total. The van der Waals surface area contributed by atoms with Crippen LogP contribution in [0, 0.1) is 17.7 Å². The Kier molecular flexibility index (Phi) is 5.59. The molecule has 20 heavy (non-hydrogen) atoms. The molecule has 2 unspecified atom stereocenters. The van der Waals surface area contributed by atoms with Crippen molar-refractivity contribution in [3.63, 3.8) is 0 Å². The van der Waals surface area contributed by atoms with Crippen LogP contribution in [0.25, 0.3) is 0 Å². The molecule has 1 aliphatic rings. The first-order valence-electron chi connectivity index (χ1n) is 8.09. The number of rotatable bonds is 5. The minimum atomic E-state index is -0.156. The van der Waals surface area contributed by atoms with Crippen molar-refractivity contribution in [3.05, 3.63) is 35.6 Å². The predicted octanol–water partition coefficient (Wildman–Crippen LogP) is 5.08. The van der Waals surface area contributed by atoms with Gasteiger partial charge >= 0.3 is 0 Å². The molecule has 1 fully saturated rings. The molecule has 0 saturated heterocycles. The van der Waals surface area contributed by atoms with Crippen LogP contribution in [0.3, 0.4) is 0 Å². The van der Waals surface area contributed by atoms with Crippen LogP contribution in [0.2, 0.25) is 0 Å². The van der Waals surface area contributed by atoms with Crippen LogP contribution in [-0.4, -0.2) is 6.04 Å². The molecule has 1 aromatic carbocycles. The molecular formula is C18H28FN. The van der Waals surface area contributed by atoms with Crippen LogP contribution in [-0.2, 0) is 0 Å². The molecule has 1 aromatic rings. The van der Waals surface area contributed by atoms with Gasteiger partial charge in [0.15, 0.2) is 0 Å². The third-order valence-electron chi connectivity index (χ3n) is 4.70. The van der Waals surface area contributed by atoms with Gasteiger partial charge in [-0.05, 0) is 49.3 Å². The van der Waals surface area contributed by atoms with Crippen molar-refractivity contribution in [1.29, 1.82) is 0 Å². The molecule has 0 bridgehead atoms. The van der Waals surface area contributed by atoms with Gasteiger partial charge in [-0.1, -0.05) is 45.2 Å². The summed E-state index contributed by atoms with van der Waals surface area (Å²) in [5, 5.41) is 3.80. The van der Waals surface area contributed by atoms with E-state index in [-0.39, 0.29) is 5.82 Å². The summed E-state index contributed by atoms with van der Waals surface area (Å²) >= 11 is 0. The molecule has 112 valence electrons. The summed E-state index contributed by atoms with van der Waals surface area (Å²) in [7, 11) is 0. The average molecular weight is 277 g/mol. The molecule has 1 N–H and O–H groups in total. The van der Waals surface area contributed by atoms with Crippen molar-refractivity contribution < 1.29 is 4.39 Å². The van der Waals surface area contributed by atoms with Crippen LogP contribution in [0.1, 0.15) is 64.5 Å². The average Bonchev–Trinajstić information content (AvgIpc) is 2.46. The fraction of sp³-hybridized carbons (Fsp3) is 0.667. The zero-order valence-corrected chi connectivity index (χ0v) is 13.0. The topological polar surface area (TPSA) is 12.0 Å². The Labute approximate surface area is 123 Å². The highest BCUT2D eigenvalue weighted by atomic mass is 19.1. The quantitative estimate of drug-likeness (QED) is 0.791. The Hall–Kier alpha value is -0.890. The minimum Gasteiger partial charge on any atom is -0.307 e. The number of halogens is 1. The summed E-state index contributed by atoms with van der Waals surface area (Å²) in [6.07, 6.45) is 6.85. The van der Waals surface area contributed by atoms with Gasteiger partial charge in [-0.2, -0.15) is 0 Å². The fourth-order valence-corrected chi connectivity index (χ4v) is 3.40. The molecule has 2 atom stereocenters. The molecule has 0 radical (unpaired) electrons. The normalized spacial score (nSPS) is 20.1. The third-order valence-corrected chi connectivity index (χ3v) is 4.70. The van der Waals surface area contributed by atoms with Gasteiger partial charge in [0.1, 0.15) is 5.82 Å². The summed E-state index contributed by atoms with van der Waals surface area (Å²) in [4.78, 5) is 0. The fourth-order valence-electron chi connectivity index (χ4n) is 3.40. The van der Waals surface area contributed by atoms with E-state index in [2.05, 4.69) is 26.1 Å². The Morgan fingerprint density at radius 1 is 1.00 bits per heavy atom. The van der Waals surface area contributed by atoms with Crippen molar-refractivity contribution >= 4 is 0 Å². The van der Waals surface area contributed by atoms with Gasteiger partial charge in [-0.3, -0.25) is 0 Å². The van der Waals surface area contributed by atoms with E-state index in [9.17, 15) is 4.39 Å². The lowest BCUT2D eigenvalue weighted by molar-refractivity contribution is 0.246. The van der Waals surface area contributed by atoms with Crippen LogP contribution >= 0.6 is 0 Å². The van der Waals surface area contributed by atoms with Gasteiger partial charge in [0.05, 0.1) is 0 Å². The van der Waals surface area contributed by atoms with Gasteiger partial charge in [-0.25, -0.2) is 4.39 Å². The van der Waals surface area contributed by atoms with E-state index < -0.39 is 0 Å². The first kappa shape index (κ1) is 15.5. The van der Waals surface area contributed by atoms with E-state index in [1.165, 1.54) is 37.7 Å². The van der Waals surface area contributed by atoms with E-state index in [1.54, 1.807) is 12.1 Å². The van der Waals surface area contributed by atoms with E-state index >= 15 is 0 Å². The summed E-state index contributed by atoms with van der Waals surface area (Å²) < 4.78 is 13.1. The standard InChI is InChI=1S/C18H28FN/c1-13(2)18(16-9-11-17(19)12-10-16)20-14(3)15-7-5-4-6-8-15/h9-15,18,20H,4-8H2,1-3H3. The monoisotopic (exact) mass is 277 g/mol. The zero-order valence-electron chi connectivity index (χ0n) is 13.0. The maximum atomic E-state index is 13.1. The van der Waals surface area contributed by atoms with Crippen LogP contribution in [0.4, 0.5) is 4.39 Å². The molecule has 0 aliphatic heterocycles. The summed E-state index contributed by atoms with van der Waals surface area (Å²) in [5.41, 5.74) is 1.20. The lowest BCUT2D eigenvalue weighted by Gasteiger charge is -2.33. The molecule has 1 saturated carbocycles. The SMILES string of the molecule is CC(C)C(NC(C)C1CCCCC1)c1ccc(F)cc1. The van der Waals surface area contributed by atoms with Gasteiger partial charge in [0, 0.05) is 12.1 Å². The van der Waals surface area contributed by atoms with Crippen LogP contribution in [0.15, 0.2) is 24.3 Å². The summed E-state index contributed by atoms with van der Waals surface area (Å²) in [6.45, 7) is 6.78. The first-order valence-corrected chi connectivity index (χ1v) is 8.09. The van der Waals surface area contributed by atoms with Gasteiger partial charge in [0.25, 0.3) is 0 Å². The second kappa shape index (κ2) is 7.21. The van der Waals surface area contributed by atoms with Crippen LogP contribution < -0.4 is 5.32 Å². The van der Waals surface area contributed by atoms with Gasteiger partial charge in [-0.15, -0.1) is 0 Å². The highest BCUT2D eigenvalue weighted by Gasteiger charge is 2.24.